The molecule has 2 amide bonds. The third-order valence-electron chi connectivity index (χ3n) is 4.77. The molecule has 1 atom stereocenters. The van der Waals surface area contributed by atoms with Gasteiger partial charge in [-0.15, -0.1) is 11.8 Å². The summed E-state index contributed by atoms with van der Waals surface area (Å²) in [6.07, 6.45) is 0. The number of nitrogens with one attached hydrogen (secondary N) is 1. The Bertz CT molecular complexity index is 839. The molecule has 162 valence electrons. The van der Waals surface area contributed by atoms with Crippen molar-refractivity contribution in [3.05, 3.63) is 71.0 Å². The van der Waals surface area contributed by atoms with Crippen LogP contribution in [0.4, 0.5) is 4.39 Å². The number of rotatable bonds is 10. The van der Waals surface area contributed by atoms with Crippen LogP contribution in [0.2, 0.25) is 0 Å². The van der Waals surface area contributed by atoms with E-state index in [9.17, 15) is 14.0 Å². The van der Waals surface area contributed by atoms with Gasteiger partial charge in [0, 0.05) is 24.4 Å². The van der Waals surface area contributed by atoms with Gasteiger partial charge < -0.3 is 10.2 Å². The molecule has 0 radical (unpaired) electrons. The Labute approximate surface area is 183 Å². The molecule has 6 heteroatoms. The van der Waals surface area contributed by atoms with E-state index in [-0.39, 0.29) is 29.9 Å². The number of carbonyl (C=O) groups excluding carboxylic acids is 2. The van der Waals surface area contributed by atoms with E-state index in [1.54, 1.807) is 25.1 Å². The van der Waals surface area contributed by atoms with Gasteiger partial charge in [0.2, 0.25) is 11.8 Å². The van der Waals surface area contributed by atoms with Gasteiger partial charge in [-0.25, -0.2) is 4.39 Å². The zero-order chi connectivity index (χ0) is 22.1. The highest BCUT2D eigenvalue weighted by molar-refractivity contribution is 7.99. The first kappa shape index (κ1) is 23.9. The molecule has 0 aliphatic carbocycles. The Morgan fingerprint density at radius 2 is 1.73 bits per heavy atom. The van der Waals surface area contributed by atoms with Crippen molar-refractivity contribution in [2.24, 2.45) is 5.92 Å². The Balaban J connectivity index is 2.06. The number of hydrogen-bond donors (Lipinski definition) is 1. The zero-order valence-corrected chi connectivity index (χ0v) is 19.0. The molecule has 0 heterocycles. The molecular weight excluding hydrogens is 399 g/mol. The van der Waals surface area contributed by atoms with Crippen molar-refractivity contribution in [2.45, 2.75) is 46.0 Å². The number of nitrogens with zero attached hydrogens (tertiary/aromatic N) is 1. The van der Waals surface area contributed by atoms with Crippen LogP contribution in [0.5, 0.6) is 0 Å². The number of hydrogen-bond acceptors (Lipinski definition) is 3. The summed E-state index contributed by atoms with van der Waals surface area (Å²) in [6, 6.07) is 13.9. The fourth-order valence-electron chi connectivity index (χ4n) is 2.87. The maximum absolute atomic E-state index is 14.2. The summed E-state index contributed by atoms with van der Waals surface area (Å²) in [5.74, 6) is 0.455. The summed E-state index contributed by atoms with van der Waals surface area (Å²) >= 11 is 1.49. The lowest BCUT2D eigenvalue weighted by molar-refractivity contribution is -0.138. The van der Waals surface area contributed by atoms with Gasteiger partial charge in [-0.05, 0) is 31.4 Å². The number of benzene rings is 2. The predicted molar refractivity (Wildman–Crippen MR) is 122 cm³/mol. The second-order valence-corrected chi connectivity index (χ2v) is 8.89. The summed E-state index contributed by atoms with van der Waals surface area (Å²) < 4.78 is 14.2. The second kappa shape index (κ2) is 11.7. The average molecular weight is 431 g/mol. The van der Waals surface area contributed by atoms with Crippen molar-refractivity contribution < 1.29 is 14.0 Å². The quantitative estimate of drug-likeness (QED) is 0.601. The van der Waals surface area contributed by atoms with Gasteiger partial charge in [0.1, 0.15) is 11.9 Å². The fourth-order valence-corrected chi connectivity index (χ4v) is 3.74. The molecule has 0 unspecified atom stereocenters. The molecule has 0 fully saturated rings. The average Bonchev–Trinajstić information content (AvgIpc) is 2.72. The first-order chi connectivity index (χ1) is 14.3. The summed E-state index contributed by atoms with van der Waals surface area (Å²) in [7, 11) is 0. The van der Waals surface area contributed by atoms with Gasteiger partial charge in [-0.1, -0.05) is 61.9 Å². The van der Waals surface area contributed by atoms with Gasteiger partial charge >= 0.3 is 0 Å². The molecule has 0 aliphatic rings. The molecule has 0 aliphatic heterocycles. The van der Waals surface area contributed by atoms with Crippen LogP contribution in [0, 0.1) is 18.7 Å². The molecule has 2 rings (SSSR count). The Hall–Kier alpha value is -2.34. The second-order valence-electron chi connectivity index (χ2n) is 7.91. The highest BCUT2D eigenvalue weighted by atomic mass is 32.2. The monoisotopic (exact) mass is 430 g/mol. The number of carbonyl (C=O) groups is 2. The van der Waals surface area contributed by atoms with Gasteiger partial charge in [-0.2, -0.15) is 0 Å². The maximum atomic E-state index is 14.2. The van der Waals surface area contributed by atoms with Crippen molar-refractivity contribution in [3.63, 3.8) is 0 Å². The van der Waals surface area contributed by atoms with Crippen LogP contribution in [0.15, 0.2) is 48.5 Å². The molecule has 4 nitrogen and oxygen atoms in total. The van der Waals surface area contributed by atoms with Crippen molar-refractivity contribution in [2.75, 3.05) is 12.3 Å². The van der Waals surface area contributed by atoms with E-state index in [2.05, 4.69) is 5.32 Å². The van der Waals surface area contributed by atoms with Gasteiger partial charge in [0.05, 0.1) is 5.75 Å². The Kier molecular flexibility index (Phi) is 9.37. The van der Waals surface area contributed by atoms with Crippen LogP contribution in [-0.4, -0.2) is 35.1 Å². The molecule has 0 aromatic heterocycles. The molecule has 2 aromatic carbocycles. The van der Waals surface area contributed by atoms with Crippen LogP contribution < -0.4 is 5.32 Å². The normalized spacial score (nSPS) is 11.9. The lowest BCUT2D eigenvalue weighted by Crippen LogP contribution is -2.48. The van der Waals surface area contributed by atoms with Crippen molar-refractivity contribution in [1.29, 1.82) is 0 Å². The molecule has 30 heavy (non-hydrogen) atoms. The number of aryl methyl sites for hydroxylation is 1. The van der Waals surface area contributed by atoms with Crippen molar-refractivity contribution >= 4 is 23.6 Å². The molecule has 2 aromatic rings. The van der Waals surface area contributed by atoms with Crippen molar-refractivity contribution in [1.82, 2.24) is 10.2 Å². The lowest BCUT2D eigenvalue weighted by Gasteiger charge is -2.29. The highest BCUT2D eigenvalue weighted by Gasteiger charge is 2.26. The van der Waals surface area contributed by atoms with E-state index >= 15 is 0 Å². The number of halogens is 1. The standard InChI is InChI=1S/C24H31FN2O2S/c1-17(2)13-26-24(29)19(4)27(14-21-7-5-6-8-22(21)25)23(28)16-30-15-20-11-9-18(3)10-12-20/h5-12,17,19H,13-16H2,1-4H3,(H,26,29)/t19-/m1/s1. The largest absolute Gasteiger partial charge is 0.354 e. The number of amides is 2. The lowest BCUT2D eigenvalue weighted by atomic mass is 10.1. The molecule has 0 bridgehead atoms. The minimum Gasteiger partial charge on any atom is -0.354 e. The third kappa shape index (κ3) is 7.48. The maximum Gasteiger partial charge on any atom is 0.242 e. The van der Waals surface area contributed by atoms with Crippen molar-refractivity contribution in [3.8, 4) is 0 Å². The summed E-state index contributed by atoms with van der Waals surface area (Å²) in [4.78, 5) is 27.0. The fraction of sp³-hybridized carbons (Fsp3) is 0.417. The number of thioether (sulfide) groups is 1. The molecule has 0 saturated carbocycles. The van der Waals surface area contributed by atoms with E-state index < -0.39 is 6.04 Å². The van der Waals surface area contributed by atoms with Crippen LogP contribution in [0.3, 0.4) is 0 Å². The molecule has 0 saturated heterocycles. The van der Waals surface area contributed by atoms with E-state index in [0.29, 0.717) is 23.8 Å². The summed E-state index contributed by atoms with van der Waals surface area (Å²) in [6.45, 7) is 8.34. The summed E-state index contributed by atoms with van der Waals surface area (Å²) in [5.41, 5.74) is 2.73. The SMILES string of the molecule is Cc1ccc(CSCC(=O)N(Cc2ccccc2F)[C@H](C)C(=O)NCC(C)C)cc1. The van der Waals surface area contributed by atoms with E-state index in [1.807, 2.05) is 45.0 Å². The Morgan fingerprint density at radius 3 is 2.37 bits per heavy atom. The zero-order valence-electron chi connectivity index (χ0n) is 18.2. The van der Waals surface area contributed by atoms with E-state index in [4.69, 9.17) is 0 Å². The Morgan fingerprint density at radius 1 is 1.07 bits per heavy atom. The van der Waals surface area contributed by atoms with Crippen LogP contribution >= 0.6 is 11.8 Å². The van der Waals surface area contributed by atoms with E-state index in [0.717, 1.165) is 5.56 Å². The van der Waals surface area contributed by atoms with Gasteiger partial charge in [0.15, 0.2) is 0 Å². The minimum absolute atomic E-state index is 0.0624. The van der Waals surface area contributed by atoms with E-state index in [1.165, 1.54) is 28.3 Å². The highest BCUT2D eigenvalue weighted by Crippen LogP contribution is 2.17. The topological polar surface area (TPSA) is 49.4 Å². The predicted octanol–water partition coefficient (Wildman–Crippen LogP) is 4.56. The van der Waals surface area contributed by atoms with Crippen LogP contribution in [0.25, 0.3) is 0 Å². The molecule has 0 spiro atoms. The van der Waals surface area contributed by atoms with Gasteiger partial charge in [0.25, 0.3) is 0 Å². The minimum atomic E-state index is -0.684. The summed E-state index contributed by atoms with van der Waals surface area (Å²) in [5, 5.41) is 2.87. The van der Waals surface area contributed by atoms with Gasteiger partial charge in [-0.3, -0.25) is 9.59 Å². The first-order valence-corrected chi connectivity index (χ1v) is 11.4. The first-order valence-electron chi connectivity index (χ1n) is 10.2. The van der Waals surface area contributed by atoms with Crippen LogP contribution in [0.1, 0.15) is 37.5 Å². The van der Waals surface area contributed by atoms with Crippen LogP contribution in [-0.2, 0) is 21.9 Å². The third-order valence-corrected chi connectivity index (χ3v) is 5.75. The smallest absolute Gasteiger partial charge is 0.242 e. The molecule has 1 N–H and O–H groups in total. The molecular formula is C24H31FN2O2S.